The van der Waals surface area contributed by atoms with Crippen molar-refractivity contribution in [1.82, 2.24) is 5.32 Å². The van der Waals surface area contributed by atoms with Crippen molar-refractivity contribution in [1.29, 1.82) is 0 Å². The molecule has 5 heteroatoms. The second-order valence-electron chi connectivity index (χ2n) is 7.23. The number of nitrogens with zero attached hydrogens (tertiary/aromatic N) is 1. The Kier molecular flexibility index (Phi) is 8.09. The lowest BCUT2D eigenvalue weighted by Crippen LogP contribution is -2.29. The first kappa shape index (κ1) is 22.7. The molecular formula is C27H25FN2O2. The second kappa shape index (κ2) is 11.4. The molecule has 0 fully saturated rings. The quantitative estimate of drug-likeness (QED) is 0.389. The molecule has 0 aliphatic rings. The van der Waals surface area contributed by atoms with Crippen LogP contribution in [0.2, 0.25) is 0 Å². The Bertz CT molecular complexity index is 1090. The van der Waals surface area contributed by atoms with Gasteiger partial charge in [-0.2, -0.15) is 0 Å². The Labute approximate surface area is 187 Å². The highest BCUT2D eigenvalue weighted by atomic mass is 19.1. The van der Waals surface area contributed by atoms with Crippen LogP contribution in [0, 0.1) is 5.82 Å². The van der Waals surface area contributed by atoms with Crippen molar-refractivity contribution in [3.8, 4) is 0 Å². The van der Waals surface area contributed by atoms with Crippen molar-refractivity contribution < 1.29 is 14.0 Å². The maximum absolute atomic E-state index is 13.3. The van der Waals surface area contributed by atoms with E-state index in [2.05, 4.69) is 11.9 Å². The topological polar surface area (TPSA) is 49.4 Å². The van der Waals surface area contributed by atoms with Gasteiger partial charge in [0, 0.05) is 18.3 Å². The second-order valence-corrected chi connectivity index (χ2v) is 7.23. The fraction of sp³-hybridized carbons (Fsp3) is 0.111. The number of hydrogen-bond acceptors (Lipinski definition) is 2. The maximum Gasteiger partial charge on any atom is 0.251 e. The molecular weight excluding hydrogens is 403 g/mol. The molecule has 2 amide bonds. The fourth-order valence-electron chi connectivity index (χ4n) is 3.16. The number of anilines is 1. The molecule has 0 aromatic heterocycles. The van der Waals surface area contributed by atoms with Gasteiger partial charge in [0.05, 0.1) is 13.0 Å². The summed E-state index contributed by atoms with van der Waals surface area (Å²) >= 11 is 0. The van der Waals surface area contributed by atoms with Crippen LogP contribution in [0.3, 0.4) is 0 Å². The smallest absolute Gasteiger partial charge is 0.251 e. The van der Waals surface area contributed by atoms with Crippen molar-refractivity contribution in [3.05, 3.63) is 120 Å². The van der Waals surface area contributed by atoms with E-state index in [0.717, 1.165) is 16.7 Å². The fourth-order valence-corrected chi connectivity index (χ4v) is 3.16. The van der Waals surface area contributed by atoms with Crippen LogP contribution in [0.15, 0.2) is 97.6 Å². The number of halogens is 1. The van der Waals surface area contributed by atoms with Gasteiger partial charge in [-0.15, -0.1) is 6.58 Å². The zero-order chi connectivity index (χ0) is 22.8. The van der Waals surface area contributed by atoms with E-state index in [1.807, 2.05) is 54.6 Å². The summed E-state index contributed by atoms with van der Waals surface area (Å²) < 4.78 is 13.3. The van der Waals surface area contributed by atoms with Gasteiger partial charge in [-0.3, -0.25) is 9.59 Å². The van der Waals surface area contributed by atoms with Crippen LogP contribution >= 0.6 is 0 Å². The van der Waals surface area contributed by atoms with E-state index >= 15 is 0 Å². The van der Waals surface area contributed by atoms with E-state index in [0.29, 0.717) is 12.2 Å². The van der Waals surface area contributed by atoms with Crippen molar-refractivity contribution in [2.45, 2.75) is 13.0 Å². The van der Waals surface area contributed by atoms with E-state index < -0.39 is 0 Å². The number of carbonyl (C=O) groups is 2. The van der Waals surface area contributed by atoms with Crippen molar-refractivity contribution in [2.75, 3.05) is 11.4 Å². The zero-order valence-electron chi connectivity index (χ0n) is 17.7. The van der Waals surface area contributed by atoms with Crippen LogP contribution in [-0.4, -0.2) is 18.4 Å². The molecule has 3 aromatic carbocycles. The van der Waals surface area contributed by atoms with E-state index in [4.69, 9.17) is 0 Å². The highest BCUT2D eigenvalue weighted by Gasteiger charge is 2.15. The van der Waals surface area contributed by atoms with E-state index in [9.17, 15) is 14.0 Å². The lowest BCUT2D eigenvalue weighted by Gasteiger charge is -2.22. The van der Waals surface area contributed by atoms with E-state index in [1.165, 1.54) is 18.2 Å². The minimum atomic E-state index is -0.330. The SMILES string of the molecule is C=CCNC(=O)Cc1cccc(N(Cc2ccc(F)cc2)C(=O)/C=C/c2ccccc2)c1. The van der Waals surface area contributed by atoms with Gasteiger partial charge in [0.25, 0.3) is 5.91 Å². The molecule has 0 aliphatic carbocycles. The third-order valence-electron chi connectivity index (χ3n) is 4.77. The number of nitrogens with one attached hydrogen (secondary N) is 1. The van der Waals surface area contributed by atoms with Gasteiger partial charge in [0.15, 0.2) is 0 Å². The summed E-state index contributed by atoms with van der Waals surface area (Å²) in [4.78, 5) is 26.8. The van der Waals surface area contributed by atoms with Crippen LogP contribution in [-0.2, 0) is 22.6 Å². The van der Waals surface area contributed by atoms with Crippen LogP contribution in [0.4, 0.5) is 10.1 Å². The summed E-state index contributed by atoms with van der Waals surface area (Å²) in [6, 6.07) is 22.9. The minimum absolute atomic E-state index is 0.123. The van der Waals surface area contributed by atoms with E-state index in [1.54, 1.807) is 29.2 Å². The monoisotopic (exact) mass is 428 g/mol. The van der Waals surface area contributed by atoms with Crippen LogP contribution in [0.25, 0.3) is 6.08 Å². The lowest BCUT2D eigenvalue weighted by atomic mass is 10.1. The molecule has 0 saturated heterocycles. The number of hydrogen-bond donors (Lipinski definition) is 1. The number of rotatable bonds is 9. The number of amides is 2. The molecule has 3 aromatic rings. The van der Waals surface area contributed by atoms with Gasteiger partial charge < -0.3 is 10.2 Å². The normalized spacial score (nSPS) is 10.7. The Balaban J connectivity index is 1.86. The lowest BCUT2D eigenvalue weighted by molar-refractivity contribution is -0.120. The van der Waals surface area contributed by atoms with Gasteiger partial charge in [-0.05, 0) is 47.0 Å². The molecule has 3 rings (SSSR count). The summed E-state index contributed by atoms with van der Waals surface area (Å²) in [5, 5.41) is 2.75. The standard InChI is InChI=1S/C27H25FN2O2/c1-2-17-29-26(31)19-23-9-6-10-25(18-23)30(20-22-11-14-24(28)15-12-22)27(32)16-13-21-7-4-3-5-8-21/h2-16,18H,1,17,19-20H2,(H,29,31)/b16-13+. The van der Waals surface area contributed by atoms with Crippen molar-refractivity contribution in [3.63, 3.8) is 0 Å². The molecule has 0 radical (unpaired) electrons. The molecule has 4 nitrogen and oxygen atoms in total. The summed E-state index contributed by atoms with van der Waals surface area (Å²) in [6.45, 7) is 4.26. The average molecular weight is 429 g/mol. The maximum atomic E-state index is 13.3. The van der Waals surface area contributed by atoms with Gasteiger partial charge in [0.1, 0.15) is 5.82 Å². The molecule has 0 spiro atoms. The first-order chi connectivity index (χ1) is 15.5. The minimum Gasteiger partial charge on any atom is -0.352 e. The third-order valence-corrected chi connectivity index (χ3v) is 4.77. The predicted molar refractivity (Wildman–Crippen MR) is 126 cm³/mol. The van der Waals surface area contributed by atoms with Crippen LogP contribution in [0.1, 0.15) is 16.7 Å². The van der Waals surface area contributed by atoms with Gasteiger partial charge in [-0.1, -0.05) is 60.7 Å². The highest BCUT2D eigenvalue weighted by Crippen LogP contribution is 2.21. The molecule has 0 atom stereocenters. The summed E-state index contributed by atoms with van der Waals surface area (Å²) in [6.07, 6.45) is 5.09. The van der Waals surface area contributed by atoms with Crippen molar-refractivity contribution in [2.24, 2.45) is 0 Å². The largest absolute Gasteiger partial charge is 0.352 e. The number of benzene rings is 3. The Morgan fingerprint density at radius 1 is 0.938 bits per heavy atom. The molecule has 162 valence electrons. The third kappa shape index (κ3) is 6.77. The first-order valence-corrected chi connectivity index (χ1v) is 10.3. The first-order valence-electron chi connectivity index (χ1n) is 10.3. The van der Waals surface area contributed by atoms with Gasteiger partial charge >= 0.3 is 0 Å². The Morgan fingerprint density at radius 3 is 2.41 bits per heavy atom. The van der Waals surface area contributed by atoms with Gasteiger partial charge in [-0.25, -0.2) is 4.39 Å². The summed E-state index contributed by atoms with van der Waals surface area (Å²) in [5.41, 5.74) is 3.15. The molecule has 32 heavy (non-hydrogen) atoms. The number of carbonyl (C=O) groups excluding carboxylic acids is 2. The predicted octanol–water partition coefficient (Wildman–Crippen LogP) is 4.92. The molecule has 1 N–H and O–H groups in total. The van der Waals surface area contributed by atoms with E-state index in [-0.39, 0.29) is 30.6 Å². The molecule has 0 heterocycles. The van der Waals surface area contributed by atoms with Crippen LogP contribution in [0.5, 0.6) is 0 Å². The Morgan fingerprint density at radius 2 is 1.69 bits per heavy atom. The average Bonchev–Trinajstić information content (AvgIpc) is 2.81. The van der Waals surface area contributed by atoms with Gasteiger partial charge in [0.2, 0.25) is 5.91 Å². The zero-order valence-corrected chi connectivity index (χ0v) is 17.7. The highest BCUT2D eigenvalue weighted by molar-refractivity contribution is 6.03. The summed E-state index contributed by atoms with van der Waals surface area (Å²) in [7, 11) is 0. The molecule has 0 aliphatic heterocycles. The molecule has 0 saturated carbocycles. The molecule has 0 unspecified atom stereocenters. The van der Waals surface area contributed by atoms with Crippen molar-refractivity contribution >= 4 is 23.6 Å². The Hall–Kier alpha value is -3.99. The van der Waals surface area contributed by atoms with Crippen LogP contribution < -0.4 is 10.2 Å². The summed E-state index contributed by atoms with van der Waals surface area (Å²) in [5.74, 6) is -0.669. The molecule has 0 bridgehead atoms.